The molecule has 2 amide bonds. The van der Waals surface area contributed by atoms with Crippen molar-refractivity contribution < 1.29 is 9.59 Å². The topological polar surface area (TPSA) is 58.2 Å². The van der Waals surface area contributed by atoms with Gasteiger partial charge >= 0.3 is 0 Å². The quantitative estimate of drug-likeness (QED) is 0.600. The lowest BCUT2D eigenvalue weighted by Gasteiger charge is -2.56. The van der Waals surface area contributed by atoms with Crippen LogP contribution in [0.15, 0.2) is 29.2 Å². The Bertz CT molecular complexity index is 795. The number of amides is 2. The van der Waals surface area contributed by atoms with Crippen LogP contribution in [-0.2, 0) is 4.79 Å². The smallest absolute Gasteiger partial charge is 0.252 e. The monoisotopic (exact) mass is 440 g/mol. The van der Waals surface area contributed by atoms with E-state index in [0.29, 0.717) is 11.3 Å². The minimum absolute atomic E-state index is 0.00384. The number of carbonyl (C=O) groups excluding carboxylic acids is 2. The van der Waals surface area contributed by atoms with Crippen molar-refractivity contribution in [2.75, 3.05) is 5.75 Å². The molecule has 5 aliphatic rings. The van der Waals surface area contributed by atoms with Gasteiger partial charge in [0.05, 0.1) is 11.3 Å². The third-order valence-corrected chi connectivity index (χ3v) is 9.36. The third-order valence-electron chi connectivity index (χ3n) is 8.28. The summed E-state index contributed by atoms with van der Waals surface area (Å²) in [6.45, 7) is 2.29. The van der Waals surface area contributed by atoms with Gasteiger partial charge in [-0.2, -0.15) is 0 Å². The van der Waals surface area contributed by atoms with E-state index in [4.69, 9.17) is 0 Å². The number of benzene rings is 1. The highest BCUT2D eigenvalue weighted by molar-refractivity contribution is 8.00. The molecular formula is C26H36N2O2S. The van der Waals surface area contributed by atoms with Crippen molar-refractivity contribution in [3.05, 3.63) is 29.8 Å². The molecule has 0 spiro atoms. The predicted molar refractivity (Wildman–Crippen MR) is 125 cm³/mol. The highest BCUT2D eigenvalue weighted by Gasteiger charge is 2.51. The van der Waals surface area contributed by atoms with Gasteiger partial charge in [-0.3, -0.25) is 9.59 Å². The molecule has 0 saturated heterocycles. The fourth-order valence-electron chi connectivity index (χ4n) is 7.19. The Balaban J connectivity index is 1.17. The Kier molecular flexibility index (Phi) is 6.07. The van der Waals surface area contributed by atoms with Crippen LogP contribution in [0.3, 0.4) is 0 Å². The molecule has 0 radical (unpaired) electrons. The van der Waals surface area contributed by atoms with E-state index in [1.165, 1.54) is 63.1 Å². The van der Waals surface area contributed by atoms with Gasteiger partial charge in [-0.15, -0.1) is 11.8 Å². The maximum absolute atomic E-state index is 12.9. The summed E-state index contributed by atoms with van der Waals surface area (Å²) in [7, 11) is 0. The summed E-state index contributed by atoms with van der Waals surface area (Å²) in [5.41, 5.74) is 0.759. The van der Waals surface area contributed by atoms with Crippen LogP contribution < -0.4 is 10.6 Å². The lowest BCUT2D eigenvalue weighted by molar-refractivity contribution is -0.124. The molecule has 6 rings (SSSR count). The van der Waals surface area contributed by atoms with E-state index < -0.39 is 0 Å². The summed E-state index contributed by atoms with van der Waals surface area (Å²) in [4.78, 5) is 26.7. The molecule has 0 unspecified atom stereocenters. The van der Waals surface area contributed by atoms with Gasteiger partial charge in [0.25, 0.3) is 5.91 Å². The number of carbonyl (C=O) groups is 2. The first-order valence-electron chi connectivity index (χ1n) is 12.3. The van der Waals surface area contributed by atoms with E-state index in [1.807, 2.05) is 24.3 Å². The van der Waals surface area contributed by atoms with Gasteiger partial charge in [-0.05, 0) is 100 Å². The van der Waals surface area contributed by atoms with E-state index in [1.54, 1.807) is 0 Å². The van der Waals surface area contributed by atoms with E-state index in [0.717, 1.165) is 41.4 Å². The SMILES string of the molecule is CC1CCC(NC(=O)c2ccccc2SCC(=O)NC23CC4CC(CC(C4)C2)C3)CC1. The molecule has 168 valence electrons. The Morgan fingerprint density at radius 3 is 2.23 bits per heavy atom. The number of rotatable bonds is 6. The van der Waals surface area contributed by atoms with Crippen LogP contribution in [0, 0.1) is 23.7 Å². The molecule has 5 heteroatoms. The van der Waals surface area contributed by atoms with Crippen molar-refractivity contribution in [3.63, 3.8) is 0 Å². The maximum Gasteiger partial charge on any atom is 0.252 e. The minimum Gasteiger partial charge on any atom is -0.350 e. The van der Waals surface area contributed by atoms with Crippen LogP contribution in [0.4, 0.5) is 0 Å². The second-order valence-corrected chi connectivity index (χ2v) is 12.0. The fraction of sp³-hybridized carbons (Fsp3) is 0.692. The van der Waals surface area contributed by atoms with E-state index in [2.05, 4.69) is 17.6 Å². The van der Waals surface area contributed by atoms with Gasteiger partial charge in [-0.25, -0.2) is 0 Å². The van der Waals surface area contributed by atoms with E-state index in [-0.39, 0.29) is 23.4 Å². The summed E-state index contributed by atoms with van der Waals surface area (Å²) in [5, 5.41) is 6.69. The Hall–Kier alpha value is -1.49. The van der Waals surface area contributed by atoms with Crippen LogP contribution in [-0.4, -0.2) is 29.1 Å². The number of thioether (sulfide) groups is 1. The molecule has 4 bridgehead atoms. The van der Waals surface area contributed by atoms with Crippen LogP contribution in [0.25, 0.3) is 0 Å². The first-order valence-corrected chi connectivity index (χ1v) is 13.3. The second kappa shape index (κ2) is 8.80. The first-order chi connectivity index (χ1) is 15.0. The van der Waals surface area contributed by atoms with Crippen molar-refractivity contribution in [1.82, 2.24) is 10.6 Å². The van der Waals surface area contributed by atoms with Crippen molar-refractivity contribution in [1.29, 1.82) is 0 Å². The summed E-state index contributed by atoms with van der Waals surface area (Å²) in [5.74, 6) is 3.76. The molecule has 1 aromatic carbocycles. The Labute approximate surface area is 190 Å². The number of hydrogen-bond donors (Lipinski definition) is 2. The largest absolute Gasteiger partial charge is 0.350 e. The van der Waals surface area contributed by atoms with Crippen molar-refractivity contribution in [3.8, 4) is 0 Å². The zero-order chi connectivity index (χ0) is 21.4. The van der Waals surface area contributed by atoms with Crippen LogP contribution in [0.5, 0.6) is 0 Å². The molecule has 0 heterocycles. The van der Waals surface area contributed by atoms with Crippen molar-refractivity contribution >= 4 is 23.6 Å². The fourth-order valence-corrected chi connectivity index (χ4v) is 8.04. The summed E-state index contributed by atoms with van der Waals surface area (Å²) < 4.78 is 0. The molecule has 5 fully saturated rings. The van der Waals surface area contributed by atoms with Crippen molar-refractivity contribution in [2.24, 2.45) is 23.7 Å². The normalized spacial score (nSPS) is 36.2. The predicted octanol–water partition coefficient (Wildman–Crippen LogP) is 5.17. The zero-order valence-corrected chi connectivity index (χ0v) is 19.5. The molecular weight excluding hydrogens is 404 g/mol. The molecule has 1 aromatic rings. The van der Waals surface area contributed by atoms with Gasteiger partial charge in [-0.1, -0.05) is 19.1 Å². The molecule has 31 heavy (non-hydrogen) atoms. The summed E-state index contributed by atoms with van der Waals surface area (Å²) >= 11 is 1.50. The summed E-state index contributed by atoms with van der Waals surface area (Å²) in [6, 6.07) is 8.01. The molecule has 5 saturated carbocycles. The standard InChI is InChI=1S/C26H36N2O2S/c1-17-6-8-21(9-7-17)27-25(30)22-4-2-3-5-23(22)31-16-24(29)28-26-13-18-10-19(14-26)12-20(11-18)15-26/h2-5,17-21H,6-16H2,1H3,(H,27,30)(H,28,29). The Morgan fingerprint density at radius 1 is 0.968 bits per heavy atom. The third kappa shape index (κ3) is 4.81. The molecule has 0 aromatic heterocycles. The van der Waals surface area contributed by atoms with Crippen LogP contribution in [0.2, 0.25) is 0 Å². The van der Waals surface area contributed by atoms with Gasteiger partial charge in [0.2, 0.25) is 5.91 Å². The number of hydrogen-bond acceptors (Lipinski definition) is 3. The average molecular weight is 441 g/mol. The highest BCUT2D eigenvalue weighted by Crippen LogP contribution is 2.55. The average Bonchev–Trinajstić information content (AvgIpc) is 2.73. The van der Waals surface area contributed by atoms with Crippen LogP contribution in [0.1, 0.15) is 81.5 Å². The number of nitrogens with one attached hydrogen (secondary N) is 2. The van der Waals surface area contributed by atoms with Gasteiger partial charge in [0.1, 0.15) is 0 Å². The van der Waals surface area contributed by atoms with E-state index in [9.17, 15) is 9.59 Å². The van der Waals surface area contributed by atoms with Crippen LogP contribution >= 0.6 is 11.8 Å². The second-order valence-electron chi connectivity index (χ2n) is 11.0. The minimum atomic E-state index is 0.00384. The van der Waals surface area contributed by atoms with Gasteiger partial charge in [0.15, 0.2) is 0 Å². The van der Waals surface area contributed by atoms with Gasteiger partial charge < -0.3 is 10.6 Å². The molecule has 5 aliphatic carbocycles. The highest BCUT2D eigenvalue weighted by atomic mass is 32.2. The lowest BCUT2D eigenvalue weighted by Crippen LogP contribution is -2.60. The molecule has 0 aliphatic heterocycles. The molecule has 4 nitrogen and oxygen atoms in total. The Morgan fingerprint density at radius 2 is 1.58 bits per heavy atom. The molecule has 0 atom stereocenters. The van der Waals surface area contributed by atoms with Gasteiger partial charge in [0, 0.05) is 16.5 Å². The maximum atomic E-state index is 12.9. The first kappa shape index (κ1) is 21.4. The zero-order valence-electron chi connectivity index (χ0n) is 18.7. The summed E-state index contributed by atoms with van der Waals surface area (Å²) in [6.07, 6.45) is 12.2. The van der Waals surface area contributed by atoms with Crippen molar-refractivity contribution in [2.45, 2.75) is 87.6 Å². The van der Waals surface area contributed by atoms with E-state index >= 15 is 0 Å². The molecule has 2 N–H and O–H groups in total. The lowest BCUT2D eigenvalue weighted by atomic mass is 9.53.